The zero-order valence-electron chi connectivity index (χ0n) is 22.6. The molecule has 12 heteroatoms. The summed E-state index contributed by atoms with van der Waals surface area (Å²) in [5.74, 6) is 0.00179. The van der Waals surface area contributed by atoms with Gasteiger partial charge in [-0.1, -0.05) is 36.4 Å². The van der Waals surface area contributed by atoms with Crippen LogP contribution in [0, 0.1) is 0 Å². The highest BCUT2D eigenvalue weighted by molar-refractivity contribution is 7.86. The molecule has 10 nitrogen and oxygen atoms in total. The van der Waals surface area contributed by atoms with Gasteiger partial charge in [0.2, 0.25) is 0 Å². The summed E-state index contributed by atoms with van der Waals surface area (Å²) in [7, 11) is -8.28. The van der Waals surface area contributed by atoms with Crippen molar-refractivity contribution in [1.29, 1.82) is 0 Å². The molecular formula is C30H32N2O8S2. The molecule has 0 aromatic heterocycles. The Morgan fingerprint density at radius 3 is 1.19 bits per heavy atom. The van der Waals surface area contributed by atoms with E-state index in [1.807, 2.05) is 60.7 Å². The number of anilines is 2. The second kappa shape index (κ2) is 13.3. The summed E-state index contributed by atoms with van der Waals surface area (Å²) in [6, 6.07) is 25.8. The van der Waals surface area contributed by atoms with Gasteiger partial charge in [0, 0.05) is 22.5 Å². The molecule has 0 unspecified atom stereocenters. The molecule has 4 aromatic rings. The maximum absolute atomic E-state index is 11.2. The molecule has 4 aromatic carbocycles. The highest BCUT2D eigenvalue weighted by Crippen LogP contribution is 2.41. The van der Waals surface area contributed by atoms with Crippen molar-refractivity contribution in [2.75, 3.05) is 36.2 Å². The largest absolute Gasteiger partial charge is 0.493 e. The fraction of sp³-hybridized carbons (Fsp3) is 0.200. The molecule has 42 heavy (non-hydrogen) atoms. The van der Waals surface area contributed by atoms with Gasteiger partial charge in [-0.3, -0.25) is 9.11 Å². The van der Waals surface area contributed by atoms with Crippen LogP contribution in [0.5, 0.6) is 11.5 Å². The molecule has 0 saturated heterocycles. The van der Waals surface area contributed by atoms with Crippen molar-refractivity contribution in [3.8, 4) is 44.9 Å². The number of nitrogen functional groups attached to an aromatic ring is 2. The lowest BCUT2D eigenvalue weighted by Gasteiger charge is -2.18. The van der Waals surface area contributed by atoms with Gasteiger partial charge < -0.3 is 20.9 Å². The van der Waals surface area contributed by atoms with Crippen molar-refractivity contribution in [2.45, 2.75) is 12.8 Å². The number of nitrogens with two attached hydrogens (primary N) is 2. The van der Waals surface area contributed by atoms with Crippen LogP contribution in [0.4, 0.5) is 11.4 Å². The highest BCUT2D eigenvalue weighted by atomic mass is 32.2. The quantitative estimate of drug-likeness (QED) is 0.0894. The van der Waals surface area contributed by atoms with Crippen molar-refractivity contribution in [2.24, 2.45) is 0 Å². The minimum atomic E-state index is -4.14. The first-order valence-corrected chi connectivity index (χ1v) is 16.3. The van der Waals surface area contributed by atoms with Crippen LogP contribution in [0.2, 0.25) is 0 Å². The first-order chi connectivity index (χ1) is 19.9. The standard InChI is InChI=1S/C30H32N2O8S2/c31-25-9-3-21(4-10-25)23-7-13-27(29(19-23)39-15-1-17-41(33,34)35)28-14-8-24(22-5-11-26(32)12-6-22)20-30(28)40-16-2-18-42(36,37)38/h3-14,19-20H,1-2,15-18,31-32H2,(H,33,34,35)(H,36,37,38). The van der Waals surface area contributed by atoms with E-state index in [1.165, 1.54) is 0 Å². The molecule has 0 aliphatic heterocycles. The second-order valence-electron chi connectivity index (χ2n) is 9.64. The average Bonchev–Trinajstić information content (AvgIpc) is 2.93. The van der Waals surface area contributed by atoms with Gasteiger partial charge in [0.05, 0.1) is 24.7 Å². The fourth-order valence-corrected chi connectivity index (χ4v) is 5.25. The van der Waals surface area contributed by atoms with Crippen molar-refractivity contribution in [3.05, 3.63) is 84.9 Å². The van der Waals surface area contributed by atoms with E-state index < -0.39 is 31.7 Å². The molecular weight excluding hydrogens is 580 g/mol. The molecule has 0 spiro atoms. The van der Waals surface area contributed by atoms with Gasteiger partial charge in [-0.05, 0) is 83.6 Å². The van der Waals surface area contributed by atoms with E-state index in [0.717, 1.165) is 22.3 Å². The van der Waals surface area contributed by atoms with Crippen LogP contribution >= 0.6 is 0 Å². The molecule has 0 atom stereocenters. The lowest BCUT2D eigenvalue weighted by atomic mass is 9.96. The summed E-state index contributed by atoms with van der Waals surface area (Å²) in [5.41, 5.74) is 17.7. The molecule has 0 heterocycles. The first-order valence-electron chi connectivity index (χ1n) is 13.0. The smallest absolute Gasteiger partial charge is 0.264 e. The monoisotopic (exact) mass is 612 g/mol. The maximum atomic E-state index is 11.2. The van der Waals surface area contributed by atoms with Crippen LogP contribution in [0.1, 0.15) is 12.8 Å². The Kier molecular flexibility index (Phi) is 9.74. The minimum absolute atomic E-state index is 0.0199. The van der Waals surface area contributed by atoms with Crippen LogP contribution in [-0.2, 0) is 20.2 Å². The Hall–Kier alpha value is -4.10. The lowest BCUT2D eigenvalue weighted by Crippen LogP contribution is -2.09. The van der Waals surface area contributed by atoms with Gasteiger partial charge >= 0.3 is 0 Å². The molecule has 0 aliphatic rings. The molecule has 0 bridgehead atoms. The van der Waals surface area contributed by atoms with Crippen LogP contribution in [-0.4, -0.2) is 50.7 Å². The Labute approximate surface area is 245 Å². The molecule has 4 rings (SSSR count). The molecule has 0 radical (unpaired) electrons. The normalized spacial score (nSPS) is 11.8. The third kappa shape index (κ3) is 8.95. The van der Waals surface area contributed by atoms with E-state index in [2.05, 4.69) is 0 Å². The summed E-state index contributed by atoms with van der Waals surface area (Å²) in [4.78, 5) is 0. The fourth-order valence-electron chi connectivity index (χ4n) is 4.29. The highest BCUT2D eigenvalue weighted by Gasteiger charge is 2.16. The third-order valence-electron chi connectivity index (χ3n) is 6.35. The molecule has 0 aliphatic carbocycles. The number of ether oxygens (including phenoxy) is 2. The second-order valence-corrected chi connectivity index (χ2v) is 12.8. The average molecular weight is 613 g/mol. The van der Waals surface area contributed by atoms with Crippen LogP contribution in [0.3, 0.4) is 0 Å². The number of benzene rings is 4. The van der Waals surface area contributed by atoms with Gasteiger partial charge in [-0.2, -0.15) is 16.8 Å². The van der Waals surface area contributed by atoms with Crippen molar-refractivity contribution in [3.63, 3.8) is 0 Å². The van der Waals surface area contributed by atoms with E-state index in [-0.39, 0.29) is 26.1 Å². The van der Waals surface area contributed by atoms with Gasteiger partial charge in [0.15, 0.2) is 0 Å². The van der Waals surface area contributed by atoms with E-state index in [9.17, 15) is 16.8 Å². The van der Waals surface area contributed by atoms with Gasteiger partial charge in [-0.25, -0.2) is 0 Å². The number of hydrogen-bond acceptors (Lipinski definition) is 8. The van der Waals surface area contributed by atoms with E-state index in [0.29, 0.717) is 34.0 Å². The van der Waals surface area contributed by atoms with Crippen molar-refractivity contribution >= 4 is 31.6 Å². The summed E-state index contributed by atoms with van der Waals surface area (Å²) in [6.45, 7) is 0.0398. The molecule has 0 saturated carbocycles. The summed E-state index contributed by atoms with van der Waals surface area (Å²) in [5, 5.41) is 0. The zero-order chi connectivity index (χ0) is 30.3. The first kappa shape index (κ1) is 30.8. The molecule has 6 N–H and O–H groups in total. The summed E-state index contributed by atoms with van der Waals surface area (Å²) < 4.78 is 75.2. The van der Waals surface area contributed by atoms with E-state index in [1.54, 1.807) is 24.3 Å². The van der Waals surface area contributed by atoms with Crippen molar-refractivity contribution < 1.29 is 35.4 Å². The van der Waals surface area contributed by atoms with Gasteiger partial charge in [-0.15, -0.1) is 0 Å². The van der Waals surface area contributed by atoms with Gasteiger partial charge in [0.1, 0.15) is 11.5 Å². The molecule has 0 amide bonds. The van der Waals surface area contributed by atoms with Crippen LogP contribution in [0.25, 0.3) is 33.4 Å². The topological polar surface area (TPSA) is 179 Å². The third-order valence-corrected chi connectivity index (χ3v) is 7.96. The lowest BCUT2D eigenvalue weighted by molar-refractivity contribution is 0.313. The van der Waals surface area contributed by atoms with E-state index >= 15 is 0 Å². The van der Waals surface area contributed by atoms with Crippen LogP contribution < -0.4 is 20.9 Å². The molecule has 0 fully saturated rings. The maximum Gasteiger partial charge on any atom is 0.264 e. The minimum Gasteiger partial charge on any atom is -0.493 e. The number of rotatable bonds is 13. The molecule has 222 valence electrons. The summed E-state index contributed by atoms with van der Waals surface area (Å²) in [6.07, 6.45) is 0.138. The Morgan fingerprint density at radius 1 is 0.524 bits per heavy atom. The van der Waals surface area contributed by atoms with Crippen molar-refractivity contribution in [1.82, 2.24) is 0 Å². The van der Waals surface area contributed by atoms with Crippen LogP contribution in [0.15, 0.2) is 84.9 Å². The predicted octanol–water partition coefficient (Wildman–Crippen LogP) is 5.17. The van der Waals surface area contributed by atoms with Gasteiger partial charge in [0.25, 0.3) is 20.2 Å². The Bertz CT molecular complexity index is 1610. The zero-order valence-corrected chi connectivity index (χ0v) is 24.3. The van der Waals surface area contributed by atoms with E-state index in [4.69, 9.17) is 30.0 Å². The SMILES string of the molecule is Nc1ccc(-c2ccc(-c3ccc(-c4ccc(N)cc4)cc3OCCCS(=O)(=O)O)c(OCCCS(=O)(=O)O)c2)cc1. The predicted molar refractivity (Wildman–Crippen MR) is 165 cm³/mol. The Balaban J connectivity index is 1.74. The summed E-state index contributed by atoms with van der Waals surface area (Å²) >= 11 is 0. The Morgan fingerprint density at radius 2 is 0.857 bits per heavy atom. The number of hydrogen-bond donors (Lipinski definition) is 4.